The number of thiocarbonyl (C=S) groups is 1. The van der Waals surface area contributed by atoms with Gasteiger partial charge in [0.2, 0.25) is 0 Å². The van der Waals surface area contributed by atoms with Crippen molar-refractivity contribution >= 4 is 23.3 Å². The zero-order valence-corrected chi connectivity index (χ0v) is 15.7. The molecule has 0 amide bonds. The Bertz CT molecular complexity index is 937. The lowest BCUT2D eigenvalue weighted by Crippen LogP contribution is -2.45. The lowest BCUT2D eigenvalue weighted by molar-refractivity contribution is -0.139. The normalized spacial score (nSPS) is 17.2. The van der Waals surface area contributed by atoms with E-state index >= 15 is 0 Å². The molecule has 0 radical (unpaired) electrons. The molecule has 11 heteroatoms. The number of hydrogen-bond acceptors (Lipinski definition) is 5. The average molecular weight is 411 g/mol. The van der Waals surface area contributed by atoms with E-state index in [2.05, 4.69) is 20.9 Å². The second kappa shape index (κ2) is 7.58. The van der Waals surface area contributed by atoms with E-state index in [1.54, 1.807) is 13.8 Å². The van der Waals surface area contributed by atoms with E-state index in [1.807, 2.05) is 0 Å². The summed E-state index contributed by atoms with van der Waals surface area (Å²) in [7, 11) is 0. The van der Waals surface area contributed by atoms with E-state index in [0.717, 1.165) is 12.1 Å². The molecule has 1 aromatic heterocycles. The van der Waals surface area contributed by atoms with E-state index < -0.39 is 23.8 Å². The molecule has 0 saturated heterocycles. The van der Waals surface area contributed by atoms with Gasteiger partial charge in [0.05, 0.1) is 29.6 Å². The number of benzene rings is 1. The van der Waals surface area contributed by atoms with Crippen LogP contribution in [0.2, 0.25) is 0 Å². The first-order chi connectivity index (χ1) is 13.2. The van der Waals surface area contributed by atoms with Crippen molar-refractivity contribution in [3.05, 3.63) is 53.0 Å². The largest absolute Gasteiger partial charge is 0.463 e. The number of aromatic nitrogens is 3. The van der Waals surface area contributed by atoms with Gasteiger partial charge in [0, 0.05) is 5.70 Å². The van der Waals surface area contributed by atoms with Gasteiger partial charge in [-0.25, -0.2) is 9.48 Å². The van der Waals surface area contributed by atoms with E-state index in [0.29, 0.717) is 27.8 Å². The quantitative estimate of drug-likeness (QED) is 0.591. The number of nitrogens with zero attached hydrogens (tertiary/aromatic N) is 3. The van der Waals surface area contributed by atoms with Gasteiger partial charge in [0.15, 0.2) is 5.11 Å². The van der Waals surface area contributed by atoms with Gasteiger partial charge in [0.1, 0.15) is 11.7 Å². The molecule has 1 unspecified atom stereocenters. The van der Waals surface area contributed by atoms with Crippen molar-refractivity contribution in [2.24, 2.45) is 0 Å². The van der Waals surface area contributed by atoms with Crippen molar-refractivity contribution in [3.63, 3.8) is 0 Å². The number of esters is 1. The first-order valence-corrected chi connectivity index (χ1v) is 8.66. The van der Waals surface area contributed by atoms with Gasteiger partial charge in [-0.2, -0.15) is 13.2 Å². The standard InChI is InChI=1S/C17H16F3N5O2S/c1-3-27-15(26)13-9(2)21-16(28)22-14(13)12-8-25(24-23-12)11-6-4-10(5-7-11)17(18,19)20/h4-8,14H,3H2,1-2H3,(H2,21,22,28). The third-order valence-electron chi connectivity index (χ3n) is 4.03. The lowest BCUT2D eigenvalue weighted by atomic mass is 10.0. The molecule has 0 saturated carbocycles. The highest BCUT2D eigenvalue weighted by Crippen LogP contribution is 2.30. The molecule has 148 valence electrons. The lowest BCUT2D eigenvalue weighted by Gasteiger charge is -2.28. The molecule has 0 aliphatic carbocycles. The topological polar surface area (TPSA) is 81.1 Å². The SMILES string of the molecule is CCOC(=O)C1=C(C)NC(=S)NC1c1cn(-c2ccc(C(F)(F)F)cc2)nn1. The molecule has 1 atom stereocenters. The summed E-state index contributed by atoms with van der Waals surface area (Å²) >= 11 is 5.14. The Morgan fingerprint density at radius 2 is 2.00 bits per heavy atom. The highest BCUT2D eigenvalue weighted by atomic mass is 32.1. The van der Waals surface area contributed by atoms with Crippen LogP contribution in [0.15, 0.2) is 41.7 Å². The Kier molecular flexibility index (Phi) is 5.36. The van der Waals surface area contributed by atoms with E-state index in [-0.39, 0.29) is 6.61 Å². The molecule has 1 aliphatic heterocycles. The van der Waals surface area contributed by atoms with Crippen molar-refractivity contribution < 1.29 is 22.7 Å². The molecule has 3 rings (SSSR count). The number of alkyl halides is 3. The predicted molar refractivity (Wildman–Crippen MR) is 97.3 cm³/mol. The molecule has 0 spiro atoms. The molecule has 1 aliphatic rings. The number of carbonyl (C=O) groups is 1. The highest BCUT2D eigenvalue weighted by Gasteiger charge is 2.33. The molecular weight excluding hydrogens is 395 g/mol. The molecule has 28 heavy (non-hydrogen) atoms. The summed E-state index contributed by atoms with van der Waals surface area (Å²) in [5.74, 6) is -0.531. The number of rotatable bonds is 4. The molecule has 2 heterocycles. The van der Waals surface area contributed by atoms with Crippen molar-refractivity contribution in [2.75, 3.05) is 6.61 Å². The monoisotopic (exact) mass is 411 g/mol. The second-order valence-corrected chi connectivity index (χ2v) is 6.33. The van der Waals surface area contributed by atoms with Crippen LogP contribution in [0.25, 0.3) is 5.69 Å². The minimum atomic E-state index is -4.42. The maximum Gasteiger partial charge on any atom is 0.416 e. The summed E-state index contributed by atoms with van der Waals surface area (Å²) in [6.07, 6.45) is -2.90. The minimum Gasteiger partial charge on any atom is -0.463 e. The van der Waals surface area contributed by atoms with Crippen LogP contribution in [0.4, 0.5) is 13.2 Å². The molecule has 0 bridgehead atoms. The maximum atomic E-state index is 12.7. The summed E-state index contributed by atoms with van der Waals surface area (Å²) in [5.41, 5.74) is 0.823. The number of nitrogens with one attached hydrogen (secondary N) is 2. The summed E-state index contributed by atoms with van der Waals surface area (Å²) in [6.45, 7) is 3.58. The number of halogens is 3. The molecule has 2 aromatic rings. The number of carbonyl (C=O) groups excluding carboxylic acids is 1. The zero-order valence-electron chi connectivity index (χ0n) is 14.9. The van der Waals surface area contributed by atoms with Gasteiger partial charge in [-0.15, -0.1) is 5.10 Å². The van der Waals surface area contributed by atoms with Gasteiger partial charge in [-0.3, -0.25) is 0 Å². The summed E-state index contributed by atoms with van der Waals surface area (Å²) in [6, 6.07) is 3.80. The number of ether oxygens (including phenoxy) is 1. The molecule has 0 fully saturated rings. The van der Waals surface area contributed by atoms with Crippen molar-refractivity contribution in [1.82, 2.24) is 25.6 Å². The van der Waals surface area contributed by atoms with Gasteiger partial charge in [0.25, 0.3) is 0 Å². The van der Waals surface area contributed by atoms with Crippen molar-refractivity contribution in [2.45, 2.75) is 26.1 Å². The summed E-state index contributed by atoms with van der Waals surface area (Å²) < 4.78 is 44.6. The Morgan fingerprint density at radius 3 is 2.61 bits per heavy atom. The molecule has 7 nitrogen and oxygen atoms in total. The fraction of sp³-hybridized carbons (Fsp3) is 0.294. The van der Waals surface area contributed by atoms with Crippen LogP contribution in [0, 0.1) is 0 Å². The Hall–Kier alpha value is -2.95. The second-order valence-electron chi connectivity index (χ2n) is 5.92. The van der Waals surface area contributed by atoms with E-state index in [4.69, 9.17) is 17.0 Å². The van der Waals surface area contributed by atoms with E-state index in [1.165, 1.54) is 23.0 Å². The average Bonchev–Trinajstić information content (AvgIpc) is 3.10. The minimum absolute atomic E-state index is 0.199. The van der Waals surface area contributed by atoms with Crippen LogP contribution in [-0.2, 0) is 15.7 Å². The predicted octanol–water partition coefficient (Wildman–Crippen LogP) is 2.64. The zero-order chi connectivity index (χ0) is 20.5. The summed E-state index contributed by atoms with van der Waals surface area (Å²) in [5, 5.41) is 14.1. The van der Waals surface area contributed by atoms with Crippen molar-refractivity contribution in [1.29, 1.82) is 0 Å². The van der Waals surface area contributed by atoms with Gasteiger partial charge in [-0.1, -0.05) is 5.21 Å². The van der Waals surface area contributed by atoms with Gasteiger partial charge >= 0.3 is 12.1 Å². The summed E-state index contributed by atoms with van der Waals surface area (Å²) in [4.78, 5) is 12.3. The molecule has 2 N–H and O–H groups in total. The number of allylic oxidation sites excluding steroid dienone is 1. The van der Waals surface area contributed by atoms with Crippen LogP contribution < -0.4 is 10.6 Å². The Morgan fingerprint density at radius 1 is 1.32 bits per heavy atom. The van der Waals surface area contributed by atoms with Crippen LogP contribution in [0.3, 0.4) is 0 Å². The van der Waals surface area contributed by atoms with Gasteiger partial charge in [-0.05, 0) is 50.3 Å². The molecule has 1 aromatic carbocycles. The van der Waals surface area contributed by atoms with Gasteiger partial charge < -0.3 is 15.4 Å². The van der Waals surface area contributed by atoms with E-state index in [9.17, 15) is 18.0 Å². The first kappa shape index (κ1) is 19.8. The van der Waals surface area contributed by atoms with Crippen LogP contribution in [0.5, 0.6) is 0 Å². The van der Waals surface area contributed by atoms with Crippen LogP contribution in [0.1, 0.15) is 31.1 Å². The molecular formula is C17H16F3N5O2S. The Labute approximate surface area is 163 Å². The smallest absolute Gasteiger partial charge is 0.416 e. The fourth-order valence-corrected chi connectivity index (χ4v) is 3.00. The van der Waals surface area contributed by atoms with Crippen LogP contribution in [-0.4, -0.2) is 32.7 Å². The first-order valence-electron chi connectivity index (χ1n) is 8.26. The highest BCUT2D eigenvalue weighted by molar-refractivity contribution is 7.80. The third-order valence-corrected chi connectivity index (χ3v) is 4.25. The van der Waals surface area contributed by atoms with Crippen LogP contribution >= 0.6 is 12.2 Å². The maximum absolute atomic E-state index is 12.7. The fourth-order valence-electron chi connectivity index (χ4n) is 2.73. The number of hydrogen-bond donors (Lipinski definition) is 2. The Balaban J connectivity index is 1.92. The van der Waals surface area contributed by atoms with Crippen molar-refractivity contribution in [3.8, 4) is 5.69 Å². The third kappa shape index (κ3) is 3.98.